The lowest BCUT2D eigenvalue weighted by Crippen LogP contribution is -2.47. The van der Waals surface area contributed by atoms with Crippen molar-refractivity contribution in [3.05, 3.63) is 0 Å². The molecule has 17 heavy (non-hydrogen) atoms. The number of hydrogen-bond donors (Lipinski definition) is 1. The van der Waals surface area contributed by atoms with Crippen LogP contribution in [0.1, 0.15) is 46.0 Å². The molecule has 1 saturated heterocycles. The summed E-state index contributed by atoms with van der Waals surface area (Å²) in [5, 5.41) is 0. The second kappa shape index (κ2) is 5.68. The highest BCUT2D eigenvalue weighted by Gasteiger charge is 2.34. The lowest BCUT2D eigenvalue weighted by atomic mass is 9.89. The average molecular weight is 239 g/mol. The van der Waals surface area contributed by atoms with Crippen LogP contribution < -0.4 is 5.73 Å². The van der Waals surface area contributed by atoms with E-state index in [-0.39, 0.29) is 0 Å². The maximum absolute atomic E-state index is 6.01. The minimum atomic E-state index is 0.468. The summed E-state index contributed by atoms with van der Waals surface area (Å²) in [5.41, 5.74) is 6.01. The van der Waals surface area contributed by atoms with Crippen molar-refractivity contribution in [1.29, 1.82) is 0 Å². The summed E-state index contributed by atoms with van der Waals surface area (Å²) in [6.07, 6.45) is 6.40. The zero-order valence-electron chi connectivity index (χ0n) is 11.7. The lowest BCUT2D eigenvalue weighted by molar-refractivity contribution is 0.109. The smallest absolute Gasteiger partial charge is 0.0240 e. The largest absolute Gasteiger partial charge is 0.328 e. The molecule has 2 fully saturated rings. The monoisotopic (exact) mass is 239 g/mol. The van der Waals surface area contributed by atoms with Crippen LogP contribution in [0.3, 0.4) is 0 Å². The van der Waals surface area contributed by atoms with E-state index in [0.29, 0.717) is 6.04 Å². The molecule has 100 valence electrons. The second-order valence-electron chi connectivity index (χ2n) is 6.08. The van der Waals surface area contributed by atoms with Gasteiger partial charge >= 0.3 is 0 Å². The molecule has 1 heterocycles. The summed E-state index contributed by atoms with van der Waals surface area (Å²) in [5.74, 6) is 0. The van der Waals surface area contributed by atoms with E-state index in [4.69, 9.17) is 5.73 Å². The van der Waals surface area contributed by atoms with E-state index < -0.39 is 0 Å². The predicted octanol–water partition coefficient (Wildman–Crippen LogP) is 1.67. The first-order valence-electron chi connectivity index (χ1n) is 7.33. The van der Waals surface area contributed by atoms with Crippen molar-refractivity contribution in [2.45, 2.75) is 70.1 Å². The van der Waals surface area contributed by atoms with Crippen LogP contribution in [-0.4, -0.2) is 54.1 Å². The molecule has 1 aliphatic heterocycles. The average Bonchev–Trinajstić information content (AvgIpc) is 2.63. The minimum absolute atomic E-state index is 0.468. The van der Waals surface area contributed by atoms with Crippen molar-refractivity contribution in [1.82, 2.24) is 9.80 Å². The van der Waals surface area contributed by atoms with Gasteiger partial charge in [-0.05, 0) is 52.6 Å². The SMILES string of the molecule is CCN(C1CCC(N)CC1)C1CC(C)N(C)C1. The zero-order valence-corrected chi connectivity index (χ0v) is 11.7. The summed E-state index contributed by atoms with van der Waals surface area (Å²) < 4.78 is 0. The van der Waals surface area contributed by atoms with Gasteiger partial charge in [0.05, 0.1) is 0 Å². The predicted molar refractivity (Wildman–Crippen MR) is 73.1 cm³/mol. The highest BCUT2D eigenvalue weighted by atomic mass is 15.3. The maximum atomic E-state index is 6.01. The molecule has 2 aliphatic rings. The molecule has 2 unspecified atom stereocenters. The van der Waals surface area contributed by atoms with Crippen LogP contribution in [0.5, 0.6) is 0 Å². The van der Waals surface area contributed by atoms with E-state index in [2.05, 4.69) is 30.7 Å². The van der Waals surface area contributed by atoms with Crippen LogP contribution in [-0.2, 0) is 0 Å². The molecule has 0 radical (unpaired) electrons. The van der Waals surface area contributed by atoms with E-state index in [1.807, 2.05) is 0 Å². The molecular formula is C14H29N3. The molecule has 2 rings (SSSR count). The van der Waals surface area contributed by atoms with Gasteiger partial charge in [-0.1, -0.05) is 6.92 Å². The van der Waals surface area contributed by atoms with Gasteiger partial charge in [-0.15, -0.1) is 0 Å². The summed E-state index contributed by atoms with van der Waals surface area (Å²) in [6.45, 7) is 7.12. The molecule has 0 aromatic rings. The van der Waals surface area contributed by atoms with Gasteiger partial charge in [0, 0.05) is 30.7 Å². The van der Waals surface area contributed by atoms with Crippen LogP contribution >= 0.6 is 0 Å². The first kappa shape index (κ1) is 13.3. The molecule has 0 amide bonds. The Balaban J connectivity index is 1.92. The normalized spacial score (nSPS) is 40.1. The van der Waals surface area contributed by atoms with Crippen LogP contribution in [0.25, 0.3) is 0 Å². The van der Waals surface area contributed by atoms with Crippen molar-refractivity contribution in [2.24, 2.45) is 5.73 Å². The number of likely N-dealkylation sites (tertiary alicyclic amines) is 1. The number of nitrogens with zero attached hydrogens (tertiary/aromatic N) is 2. The molecule has 1 aliphatic carbocycles. The fraction of sp³-hybridized carbons (Fsp3) is 1.00. The first-order chi connectivity index (χ1) is 8.11. The fourth-order valence-corrected chi connectivity index (χ4v) is 3.65. The summed E-state index contributed by atoms with van der Waals surface area (Å²) in [7, 11) is 2.26. The number of likely N-dealkylation sites (N-methyl/N-ethyl adjacent to an activating group) is 2. The molecule has 0 aromatic heterocycles. The molecule has 0 bridgehead atoms. The zero-order chi connectivity index (χ0) is 12.4. The summed E-state index contributed by atoms with van der Waals surface area (Å²) in [6, 6.07) is 2.79. The maximum Gasteiger partial charge on any atom is 0.0240 e. The third-order valence-electron chi connectivity index (χ3n) is 4.91. The van der Waals surface area contributed by atoms with Gasteiger partial charge in [-0.25, -0.2) is 0 Å². The number of nitrogens with two attached hydrogens (primary N) is 1. The third-order valence-corrected chi connectivity index (χ3v) is 4.91. The Hall–Kier alpha value is -0.120. The van der Waals surface area contributed by atoms with Gasteiger partial charge in [0.1, 0.15) is 0 Å². The van der Waals surface area contributed by atoms with E-state index in [1.54, 1.807) is 0 Å². The molecule has 3 nitrogen and oxygen atoms in total. The van der Waals surface area contributed by atoms with Crippen molar-refractivity contribution in [3.8, 4) is 0 Å². The lowest BCUT2D eigenvalue weighted by Gasteiger charge is -2.39. The quantitative estimate of drug-likeness (QED) is 0.813. The van der Waals surface area contributed by atoms with Gasteiger partial charge in [0.25, 0.3) is 0 Å². The van der Waals surface area contributed by atoms with Crippen molar-refractivity contribution >= 4 is 0 Å². The Morgan fingerprint density at radius 2 is 1.82 bits per heavy atom. The Morgan fingerprint density at radius 1 is 1.18 bits per heavy atom. The molecule has 3 heteroatoms. The highest BCUT2D eigenvalue weighted by molar-refractivity contribution is 4.91. The first-order valence-corrected chi connectivity index (χ1v) is 7.33. The number of hydrogen-bond acceptors (Lipinski definition) is 3. The van der Waals surface area contributed by atoms with Gasteiger partial charge in [0.15, 0.2) is 0 Å². The molecule has 0 aromatic carbocycles. The van der Waals surface area contributed by atoms with Crippen molar-refractivity contribution in [3.63, 3.8) is 0 Å². The summed E-state index contributed by atoms with van der Waals surface area (Å²) >= 11 is 0. The fourth-order valence-electron chi connectivity index (χ4n) is 3.65. The molecular weight excluding hydrogens is 210 g/mol. The van der Waals surface area contributed by atoms with Crippen LogP contribution in [0.15, 0.2) is 0 Å². The topological polar surface area (TPSA) is 32.5 Å². The second-order valence-corrected chi connectivity index (χ2v) is 6.08. The number of rotatable bonds is 3. The van der Waals surface area contributed by atoms with Gasteiger partial charge < -0.3 is 10.6 Å². The summed E-state index contributed by atoms with van der Waals surface area (Å²) in [4.78, 5) is 5.26. The minimum Gasteiger partial charge on any atom is -0.328 e. The van der Waals surface area contributed by atoms with Crippen LogP contribution in [0.4, 0.5) is 0 Å². The van der Waals surface area contributed by atoms with Gasteiger partial charge in [-0.2, -0.15) is 0 Å². The van der Waals surface area contributed by atoms with E-state index in [9.17, 15) is 0 Å². The molecule has 1 saturated carbocycles. The highest BCUT2D eigenvalue weighted by Crippen LogP contribution is 2.28. The molecule has 2 atom stereocenters. The van der Waals surface area contributed by atoms with E-state index in [1.165, 1.54) is 45.2 Å². The van der Waals surface area contributed by atoms with Crippen LogP contribution in [0, 0.1) is 0 Å². The van der Waals surface area contributed by atoms with E-state index in [0.717, 1.165) is 18.1 Å². The molecule has 0 spiro atoms. The van der Waals surface area contributed by atoms with E-state index >= 15 is 0 Å². The third kappa shape index (κ3) is 3.01. The standard InChI is InChI=1S/C14H29N3/c1-4-17(13-7-5-12(15)6-8-13)14-9-11(2)16(3)10-14/h11-14H,4-10,15H2,1-3H3. The van der Waals surface area contributed by atoms with Crippen LogP contribution in [0.2, 0.25) is 0 Å². The molecule has 2 N–H and O–H groups in total. The van der Waals surface area contributed by atoms with Crippen molar-refractivity contribution in [2.75, 3.05) is 20.1 Å². The Morgan fingerprint density at radius 3 is 2.29 bits per heavy atom. The Bertz CT molecular complexity index is 226. The Kier molecular flexibility index (Phi) is 4.45. The Labute approximate surface area is 106 Å². The van der Waals surface area contributed by atoms with Gasteiger partial charge in [0.2, 0.25) is 0 Å². The van der Waals surface area contributed by atoms with Crippen molar-refractivity contribution < 1.29 is 0 Å². The van der Waals surface area contributed by atoms with Gasteiger partial charge in [-0.3, -0.25) is 4.90 Å².